The summed E-state index contributed by atoms with van der Waals surface area (Å²) in [6.07, 6.45) is 0. The SMILES string of the molecule is CN1CCN(CCNc2nnnn2-c2ccccc2)CC1. The molecule has 0 spiro atoms. The topological polar surface area (TPSA) is 62.1 Å². The summed E-state index contributed by atoms with van der Waals surface area (Å²) in [6, 6.07) is 9.91. The molecule has 3 rings (SSSR count). The summed E-state index contributed by atoms with van der Waals surface area (Å²) in [5, 5.41) is 15.2. The summed E-state index contributed by atoms with van der Waals surface area (Å²) >= 11 is 0. The summed E-state index contributed by atoms with van der Waals surface area (Å²) < 4.78 is 1.73. The third kappa shape index (κ3) is 3.56. The van der Waals surface area contributed by atoms with Crippen LogP contribution in [0.25, 0.3) is 5.69 Å². The van der Waals surface area contributed by atoms with E-state index in [0.717, 1.165) is 45.0 Å². The van der Waals surface area contributed by atoms with Crippen molar-refractivity contribution in [3.8, 4) is 5.69 Å². The Hall–Kier alpha value is -1.99. The molecule has 21 heavy (non-hydrogen) atoms. The fourth-order valence-electron chi connectivity index (χ4n) is 2.44. The Bertz CT molecular complexity index is 545. The largest absolute Gasteiger partial charge is 0.351 e. The van der Waals surface area contributed by atoms with E-state index in [-0.39, 0.29) is 0 Å². The van der Waals surface area contributed by atoms with E-state index in [4.69, 9.17) is 0 Å². The molecule has 0 saturated carbocycles. The number of anilines is 1. The van der Waals surface area contributed by atoms with Crippen LogP contribution >= 0.6 is 0 Å². The van der Waals surface area contributed by atoms with Crippen molar-refractivity contribution >= 4 is 5.95 Å². The van der Waals surface area contributed by atoms with Crippen molar-refractivity contribution in [3.63, 3.8) is 0 Å². The Balaban J connectivity index is 1.53. The second-order valence-electron chi connectivity index (χ2n) is 5.32. The van der Waals surface area contributed by atoms with Crippen LogP contribution in [0.5, 0.6) is 0 Å². The van der Waals surface area contributed by atoms with Crippen LogP contribution in [0, 0.1) is 0 Å². The quantitative estimate of drug-likeness (QED) is 0.854. The second-order valence-corrected chi connectivity index (χ2v) is 5.32. The van der Waals surface area contributed by atoms with Crippen LogP contribution in [0.3, 0.4) is 0 Å². The van der Waals surface area contributed by atoms with Crippen molar-refractivity contribution in [1.29, 1.82) is 0 Å². The van der Waals surface area contributed by atoms with Gasteiger partial charge in [0.15, 0.2) is 0 Å². The van der Waals surface area contributed by atoms with Gasteiger partial charge in [-0.3, -0.25) is 4.90 Å². The lowest BCUT2D eigenvalue weighted by atomic mass is 10.3. The number of likely N-dealkylation sites (N-methyl/N-ethyl adjacent to an activating group) is 1. The maximum absolute atomic E-state index is 4.05. The summed E-state index contributed by atoms with van der Waals surface area (Å²) in [6.45, 7) is 6.39. The number of rotatable bonds is 5. The molecule has 2 heterocycles. The van der Waals surface area contributed by atoms with Crippen LogP contribution in [0.1, 0.15) is 0 Å². The highest BCUT2D eigenvalue weighted by molar-refractivity contribution is 5.38. The predicted molar refractivity (Wildman–Crippen MR) is 81.6 cm³/mol. The van der Waals surface area contributed by atoms with E-state index >= 15 is 0 Å². The van der Waals surface area contributed by atoms with Crippen molar-refractivity contribution in [1.82, 2.24) is 30.0 Å². The van der Waals surface area contributed by atoms with Gasteiger partial charge in [0, 0.05) is 39.3 Å². The fourth-order valence-corrected chi connectivity index (χ4v) is 2.44. The Morgan fingerprint density at radius 2 is 1.86 bits per heavy atom. The minimum atomic E-state index is 0.690. The van der Waals surface area contributed by atoms with E-state index < -0.39 is 0 Å². The van der Waals surface area contributed by atoms with Crippen molar-refractivity contribution in [2.45, 2.75) is 0 Å². The zero-order valence-corrected chi connectivity index (χ0v) is 12.3. The first kappa shape index (κ1) is 14.0. The molecule has 0 radical (unpaired) electrons. The van der Waals surface area contributed by atoms with Gasteiger partial charge in [0.2, 0.25) is 5.95 Å². The van der Waals surface area contributed by atoms with Gasteiger partial charge in [-0.15, -0.1) is 0 Å². The van der Waals surface area contributed by atoms with Crippen molar-refractivity contribution in [2.24, 2.45) is 0 Å². The van der Waals surface area contributed by atoms with Gasteiger partial charge in [0.05, 0.1) is 5.69 Å². The van der Waals surface area contributed by atoms with Crippen LogP contribution in [-0.2, 0) is 0 Å². The number of hydrogen-bond acceptors (Lipinski definition) is 6. The average Bonchev–Trinajstić information content (AvgIpc) is 2.99. The Kier molecular flexibility index (Phi) is 4.42. The van der Waals surface area contributed by atoms with Gasteiger partial charge < -0.3 is 10.2 Å². The maximum atomic E-state index is 4.05. The number of aromatic nitrogens is 4. The molecule has 0 amide bonds. The number of tetrazole rings is 1. The molecular formula is C14H21N7. The third-order valence-electron chi connectivity index (χ3n) is 3.78. The summed E-state index contributed by atoms with van der Waals surface area (Å²) in [5.41, 5.74) is 0.963. The van der Waals surface area contributed by atoms with Gasteiger partial charge in [0.25, 0.3) is 0 Å². The molecule has 7 nitrogen and oxygen atoms in total. The molecule has 1 N–H and O–H groups in total. The van der Waals surface area contributed by atoms with Crippen LogP contribution in [-0.4, -0.2) is 76.3 Å². The van der Waals surface area contributed by atoms with Crippen LogP contribution in [0.4, 0.5) is 5.95 Å². The van der Waals surface area contributed by atoms with Crippen LogP contribution < -0.4 is 5.32 Å². The van der Waals surface area contributed by atoms with E-state index in [2.05, 4.69) is 37.7 Å². The molecule has 1 aliphatic heterocycles. The number of nitrogens with one attached hydrogen (secondary N) is 1. The zero-order chi connectivity index (χ0) is 14.5. The Labute approximate surface area is 124 Å². The summed E-state index contributed by atoms with van der Waals surface area (Å²) in [5.74, 6) is 0.690. The number of para-hydroxylation sites is 1. The molecule has 1 fully saturated rings. The van der Waals surface area contributed by atoms with Gasteiger partial charge in [0.1, 0.15) is 0 Å². The minimum absolute atomic E-state index is 0.690. The van der Waals surface area contributed by atoms with Gasteiger partial charge in [-0.1, -0.05) is 23.3 Å². The number of piperazine rings is 1. The van der Waals surface area contributed by atoms with E-state index in [9.17, 15) is 0 Å². The molecule has 1 aromatic heterocycles. The summed E-state index contributed by atoms with van der Waals surface area (Å²) in [4.78, 5) is 4.82. The molecule has 0 aliphatic carbocycles. The number of benzene rings is 1. The first-order valence-corrected chi connectivity index (χ1v) is 7.31. The molecule has 1 saturated heterocycles. The van der Waals surface area contributed by atoms with Crippen molar-refractivity contribution in [3.05, 3.63) is 30.3 Å². The molecule has 7 heteroatoms. The smallest absolute Gasteiger partial charge is 0.247 e. The van der Waals surface area contributed by atoms with Crippen molar-refractivity contribution in [2.75, 3.05) is 51.6 Å². The van der Waals surface area contributed by atoms with Gasteiger partial charge in [-0.05, 0) is 29.6 Å². The molecule has 0 bridgehead atoms. The lowest BCUT2D eigenvalue weighted by Gasteiger charge is -2.32. The first-order chi connectivity index (χ1) is 10.3. The molecule has 2 aromatic rings. The third-order valence-corrected chi connectivity index (χ3v) is 3.78. The van der Waals surface area contributed by atoms with E-state index in [1.54, 1.807) is 4.68 Å². The van der Waals surface area contributed by atoms with E-state index in [0.29, 0.717) is 5.95 Å². The fraction of sp³-hybridized carbons (Fsp3) is 0.500. The molecule has 1 aliphatic rings. The Morgan fingerprint density at radius 1 is 1.10 bits per heavy atom. The molecular weight excluding hydrogens is 266 g/mol. The van der Waals surface area contributed by atoms with Gasteiger partial charge >= 0.3 is 0 Å². The highest BCUT2D eigenvalue weighted by Gasteiger charge is 2.13. The highest BCUT2D eigenvalue weighted by Crippen LogP contribution is 2.10. The van der Waals surface area contributed by atoms with E-state index in [1.807, 2.05) is 30.3 Å². The molecule has 112 valence electrons. The molecule has 0 unspecified atom stereocenters. The molecule has 0 atom stereocenters. The molecule has 1 aromatic carbocycles. The monoisotopic (exact) mass is 287 g/mol. The normalized spacial score (nSPS) is 17.0. The number of hydrogen-bond donors (Lipinski definition) is 1. The zero-order valence-electron chi connectivity index (χ0n) is 12.3. The highest BCUT2D eigenvalue weighted by atomic mass is 15.6. The lowest BCUT2D eigenvalue weighted by molar-refractivity contribution is 0.158. The predicted octanol–water partition coefficient (Wildman–Crippen LogP) is 0.322. The maximum Gasteiger partial charge on any atom is 0.247 e. The van der Waals surface area contributed by atoms with Gasteiger partial charge in [-0.2, -0.15) is 4.68 Å². The second kappa shape index (κ2) is 6.64. The number of nitrogens with zero attached hydrogens (tertiary/aromatic N) is 6. The van der Waals surface area contributed by atoms with Crippen molar-refractivity contribution < 1.29 is 0 Å². The van der Waals surface area contributed by atoms with Crippen LogP contribution in [0.2, 0.25) is 0 Å². The standard InChI is InChI=1S/C14H21N7/c1-19-9-11-20(12-10-19)8-7-15-14-16-17-18-21(14)13-5-3-2-4-6-13/h2-6H,7-12H2,1H3,(H,15,16,18). The van der Waals surface area contributed by atoms with Gasteiger partial charge in [-0.25, -0.2) is 0 Å². The lowest BCUT2D eigenvalue weighted by Crippen LogP contribution is -2.45. The van der Waals surface area contributed by atoms with E-state index in [1.165, 1.54) is 0 Å². The Morgan fingerprint density at radius 3 is 2.62 bits per heavy atom. The van der Waals surface area contributed by atoms with Crippen LogP contribution in [0.15, 0.2) is 30.3 Å². The minimum Gasteiger partial charge on any atom is -0.351 e. The first-order valence-electron chi connectivity index (χ1n) is 7.31. The average molecular weight is 287 g/mol. The summed E-state index contributed by atoms with van der Waals surface area (Å²) in [7, 11) is 2.17.